The largest absolute Gasteiger partial charge is 0.481 e. The van der Waals surface area contributed by atoms with Gasteiger partial charge in [-0.1, -0.05) is 60.7 Å². The van der Waals surface area contributed by atoms with Crippen molar-refractivity contribution in [1.29, 1.82) is 0 Å². The zero-order chi connectivity index (χ0) is 32.1. The van der Waals surface area contributed by atoms with E-state index >= 15 is 0 Å². The number of ether oxygens (including phenoxy) is 1. The van der Waals surface area contributed by atoms with E-state index in [0.29, 0.717) is 17.5 Å². The molecule has 2 aromatic carbocycles. The Kier molecular flexibility index (Phi) is 12.5. The van der Waals surface area contributed by atoms with E-state index < -0.39 is 53.9 Å². The highest BCUT2D eigenvalue weighted by Crippen LogP contribution is 2.23. The number of hydrogen-bond donors (Lipinski definition) is 6. The average Bonchev–Trinajstić information content (AvgIpc) is 3.50. The van der Waals surface area contributed by atoms with E-state index in [4.69, 9.17) is 16.2 Å². The van der Waals surface area contributed by atoms with Crippen LogP contribution in [0.1, 0.15) is 36.8 Å². The smallest absolute Gasteiger partial charge is 0.408 e. The van der Waals surface area contributed by atoms with Crippen LogP contribution in [0.5, 0.6) is 0 Å². The lowest BCUT2D eigenvalue weighted by Crippen LogP contribution is -2.58. The number of nitrogens with zero attached hydrogens (tertiary/aromatic N) is 2. The molecule has 1 aliphatic rings. The number of carboxylic acid groups (broad SMARTS) is 2. The number of alkyl carbamates (subject to hydrolysis) is 1. The van der Waals surface area contributed by atoms with Crippen LogP contribution in [0.25, 0.3) is 0 Å². The number of carboxylic acids is 2. The Morgan fingerprint density at radius 3 is 2.16 bits per heavy atom. The van der Waals surface area contributed by atoms with Crippen LogP contribution in [0.15, 0.2) is 65.7 Å². The van der Waals surface area contributed by atoms with Gasteiger partial charge in [-0.15, -0.1) is 0 Å². The van der Waals surface area contributed by atoms with Crippen LogP contribution < -0.4 is 22.1 Å². The molecule has 14 heteroatoms. The van der Waals surface area contributed by atoms with Gasteiger partial charge in [-0.2, -0.15) is 0 Å². The minimum absolute atomic E-state index is 0.0358. The van der Waals surface area contributed by atoms with Gasteiger partial charge >= 0.3 is 18.0 Å². The summed E-state index contributed by atoms with van der Waals surface area (Å²) in [5, 5.41) is 24.7. The van der Waals surface area contributed by atoms with Crippen molar-refractivity contribution in [3.63, 3.8) is 0 Å². The maximum atomic E-state index is 14.0. The zero-order valence-electron chi connectivity index (χ0n) is 24.1. The van der Waals surface area contributed by atoms with Crippen LogP contribution in [0.2, 0.25) is 0 Å². The molecule has 0 spiro atoms. The third kappa shape index (κ3) is 10.00. The highest BCUT2D eigenvalue weighted by molar-refractivity contribution is 5.95. The van der Waals surface area contributed by atoms with Crippen LogP contribution in [-0.2, 0) is 36.9 Å². The molecule has 0 aromatic heterocycles. The first kappa shape index (κ1) is 33.4. The molecule has 3 amide bonds. The number of guanidine groups is 1. The van der Waals surface area contributed by atoms with Gasteiger partial charge in [0.2, 0.25) is 11.8 Å². The zero-order valence-corrected chi connectivity index (χ0v) is 24.1. The molecule has 1 unspecified atom stereocenters. The molecule has 1 heterocycles. The number of aliphatic imine (C=N–C) groups is 1. The van der Waals surface area contributed by atoms with Crippen LogP contribution in [-0.4, -0.2) is 82.1 Å². The molecule has 1 fully saturated rings. The summed E-state index contributed by atoms with van der Waals surface area (Å²) in [5.41, 5.74) is 11.9. The lowest BCUT2D eigenvalue weighted by Gasteiger charge is -2.31. The number of carbonyl (C=O) groups excluding carboxylic acids is 3. The molecule has 44 heavy (non-hydrogen) atoms. The number of amides is 3. The molecule has 2 aromatic rings. The number of benzene rings is 2. The van der Waals surface area contributed by atoms with E-state index in [9.17, 15) is 34.2 Å². The Labute approximate surface area is 254 Å². The standard InChI is InChI=1S/C30H38N6O8/c31-29(32)33-15-7-13-22(28(41)42)34-25(37)23-14-8-16-36(23)26(38)24(21(27(39)40)17-19-9-3-1-4-10-19)35-30(43)44-18-20-11-5-2-6-12-20/h1-6,9-12,21-24H,7-8,13-18H2,(H,34,37)(H,35,43)(H,39,40)(H,41,42)(H4,31,32,33)/t21?,22-,23-,24-/m0/s1. The summed E-state index contributed by atoms with van der Waals surface area (Å²) in [5.74, 6) is -5.63. The van der Waals surface area contributed by atoms with E-state index in [1.54, 1.807) is 60.7 Å². The minimum atomic E-state index is -1.58. The van der Waals surface area contributed by atoms with Crippen molar-refractivity contribution in [2.75, 3.05) is 13.1 Å². The number of nitrogens with two attached hydrogens (primary N) is 2. The van der Waals surface area contributed by atoms with Crippen molar-refractivity contribution in [2.45, 2.75) is 56.8 Å². The average molecular weight is 611 g/mol. The first-order chi connectivity index (χ1) is 21.1. The summed E-state index contributed by atoms with van der Waals surface area (Å²) in [6.45, 7) is 0.161. The topological polar surface area (TPSA) is 227 Å². The quantitative estimate of drug-likeness (QED) is 0.0946. The maximum absolute atomic E-state index is 14.0. The number of aliphatic carboxylic acids is 2. The van der Waals surface area contributed by atoms with Crippen molar-refractivity contribution in [3.05, 3.63) is 71.8 Å². The number of carbonyl (C=O) groups is 5. The second-order valence-corrected chi connectivity index (χ2v) is 10.4. The summed E-state index contributed by atoms with van der Waals surface area (Å²) in [6, 6.07) is 13.5. The molecule has 1 saturated heterocycles. The predicted octanol–water partition coefficient (Wildman–Crippen LogP) is 0.839. The van der Waals surface area contributed by atoms with E-state index in [0.717, 1.165) is 0 Å². The normalized spacial score (nSPS) is 16.2. The Bertz CT molecular complexity index is 1320. The lowest BCUT2D eigenvalue weighted by molar-refractivity contribution is -0.150. The van der Waals surface area contributed by atoms with Crippen molar-refractivity contribution >= 4 is 35.8 Å². The predicted molar refractivity (Wildman–Crippen MR) is 159 cm³/mol. The number of rotatable bonds is 15. The number of likely N-dealkylation sites (tertiary alicyclic amines) is 1. The van der Waals surface area contributed by atoms with Crippen LogP contribution >= 0.6 is 0 Å². The Balaban J connectivity index is 1.79. The molecule has 8 N–H and O–H groups in total. The van der Waals surface area contributed by atoms with Crippen LogP contribution in [0, 0.1) is 5.92 Å². The van der Waals surface area contributed by atoms with E-state index in [2.05, 4.69) is 15.6 Å². The Morgan fingerprint density at radius 2 is 1.57 bits per heavy atom. The van der Waals surface area contributed by atoms with Gasteiger partial charge in [-0.25, -0.2) is 9.59 Å². The van der Waals surface area contributed by atoms with Gasteiger partial charge in [-0.05, 0) is 43.2 Å². The molecule has 236 valence electrons. The van der Waals surface area contributed by atoms with Crippen molar-refractivity contribution in [2.24, 2.45) is 22.4 Å². The molecule has 0 aliphatic carbocycles. The first-order valence-electron chi connectivity index (χ1n) is 14.2. The molecule has 1 aliphatic heterocycles. The summed E-state index contributed by atoms with van der Waals surface area (Å²) in [6.07, 6.45) is -0.147. The minimum Gasteiger partial charge on any atom is -0.481 e. The van der Waals surface area contributed by atoms with Gasteiger partial charge in [0.25, 0.3) is 0 Å². The van der Waals surface area contributed by atoms with E-state index in [1.165, 1.54) is 4.90 Å². The third-order valence-corrected chi connectivity index (χ3v) is 7.17. The lowest BCUT2D eigenvalue weighted by atomic mass is 9.91. The fourth-order valence-corrected chi connectivity index (χ4v) is 4.95. The maximum Gasteiger partial charge on any atom is 0.408 e. The summed E-state index contributed by atoms with van der Waals surface area (Å²) in [7, 11) is 0. The van der Waals surface area contributed by atoms with Gasteiger partial charge in [0, 0.05) is 13.1 Å². The summed E-state index contributed by atoms with van der Waals surface area (Å²) >= 11 is 0. The van der Waals surface area contributed by atoms with Crippen molar-refractivity contribution < 1.29 is 38.9 Å². The van der Waals surface area contributed by atoms with E-state index in [1.807, 2.05) is 0 Å². The highest BCUT2D eigenvalue weighted by atomic mass is 16.5. The van der Waals surface area contributed by atoms with Gasteiger partial charge in [-0.3, -0.25) is 19.4 Å². The molecule has 14 nitrogen and oxygen atoms in total. The van der Waals surface area contributed by atoms with Gasteiger partial charge < -0.3 is 42.0 Å². The molecule has 3 rings (SSSR count). The van der Waals surface area contributed by atoms with Crippen LogP contribution in [0.4, 0.5) is 4.79 Å². The fraction of sp³-hybridized carbons (Fsp3) is 0.400. The summed E-state index contributed by atoms with van der Waals surface area (Å²) in [4.78, 5) is 69.4. The molecule has 0 radical (unpaired) electrons. The molecular weight excluding hydrogens is 572 g/mol. The van der Waals surface area contributed by atoms with Gasteiger partial charge in [0.1, 0.15) is 24.7 Å². The number of hydrogen-bond acceptors (Lipinski definition) is 7. The fourth-order valence-electron chi connectivity index (χ4n) is 4.95. The monoisotopic (exact) mass is 610 g/mol. The Hall–Kier alpha value is -5.14. The van der Waals surface area contributed by atoms with Crippen molar-refractivity contribution in [3.8, 4) is 0 Å². The number of nitrogens with one attached hydrogen (secondary N) is 2. The first-order valence-corrected chi connectivity index (χ1v) is 14.2. The van der Waals surface area contributed by atoms with Crippen LogP contribution in [0.3, 0.4) is 0 Å². The van der Waals surface area contributed by atoms with Crippen molar-refractivity contribution in [1.82, 2.24) is 15.5 Å². The molecule has 0 saturated carbocycles. The molecule has 0 bridgehead atoms. The molecule has 4 atom stereocenters. The third-order valence-electron chi connectivity index (χ3n) is 7.17. The SMILES string of the molecule is NC(N)=NCCC[C@H](NC(=O)[C@@H]1CCCN1C(=O)[C@@H](NC(=O)OCc1ccccc1)C(Cc1ccccc1)C(=O)O)C(=O)O. The van der Waals surface area contributed by atoms with Gasteiger partial charge in [0.05, 0.1) is 5.92 Å². The van der Waals surface area contributed by atoms with E-state index in [-0.39, 0.29) is 51.3 Å². The highest BCUT2D eigenvalue weighted by Gasteiger charge is 2.43. The molecular formula is C30H38N6O8. The Morgan fingerprint density at radius 1 is 0.932 bits per heavy atom. The van der Waals surface area contributed by atoms with Gasteiger partial charge in [0.15, 0.2) is 5.96 Å². The second-order valence-electron chi connectivity index (χ2n) is 10.4. The summed E-state index contributed by atoms with van der Waals surface area (Å²) < 4.78 is 5.28. The second kappa shape index (κ2) is 16.5.